The molecular weight excluding hydrogens is 446 g/mol. The van der Waals surface area contributed by atoms with Crippen LogP contribution in [0.2, 0.25) is 0 Å². The molecule has 4 N–H and O–H groups in total. The molecule has 4 unspecified atom stereocenters. The number of carbonyl (C=O) groups excluding carboxylic acids is 1. The van der Waals surface area contributed by atoms with Gasteiger partial charge < -0.3 is 20.7 Å². The van der Waals surface area contributed by atoms with Crippen molar-refractivity contribution in [2.24, 2.45) is 52.1 Å². The van der Waals surface area contributed by atoms with Gasteiger partial charge in [0, 0.05) is 6.42 Å². The number of aliphatic carboxylic acids is 2. The number of carboxylic acids is 2. The van der Waals surface area contributed by atoms with Gasteiger partial charge in [-0.25, -0.2) is 0 Å². The standard InChI is InChI=1S/C28H45NO6/c1-16(4-9-24(30)31)20-7-8-21-19-6-5-17-14-18(35-26(34)23(29)15-25(32)33)10-12-27(17,2)22(19)11-13-28(20,21)3/h16-23H,4-15,29H2,1-3H3,(H,30,31)(H,32,33)/t16-,17-,18-,19?,20?,21+,22?,23?,27+,28-/m1/s1. The maximum absolute atomic E-state index is 12.3. The van der Waals surface area contributed by atoms with Crippen LogP contribution in [0.5, 0.6) is 0 Å². The summed E-state index contributed by atoms with van der Waals surface area (Å²) in [5.74, 6) is 1.45. The van der Waals surface area contributed by atoms with E-state index < -0.39 is 30.4 Å². The predicted octanol–water partition coefficient (Wildman–Crippen LogP) is 4.86. The molecule has 35 heavy (non-hydrogen) atoms. The van der Waals surface area contributed by atoms with Gasteiger partial charge in [0.1, 0.15) is 12.1 Å². The first-order chi connectivity index (χ1) is 16.5. The molecule has 4 rings (SSSR count). The molecule has 0 amide bonds. The van der Waals surface area contributed by atoms with Crippen LogP contribution in [-0.4, -0.2) is 40.3 Å². The van der Waals surface area contributed by atoms with E-state index in [9.17, 15) is 14.4 Å². The van der Waals surface area contributed by atoms with Crippen molar-refractivity contribution >= 4 is 17.9 Å². The Bertz CT molecular complexity index is 830. The number of carbonyl (C=O) groups is 3. The molecule has 0 aromatic carbocycles. The van der Waals surface area contributed by atoms with Gasteiger partial charge in [0.05, 0.1) is 6.42 Å². The van der Waals surface area contributed by atoms with Crippen LogP contribution in [0.15, 0.2) is 0 Å². The summed E-state index contributed by atoms with van der Waals surface area (Å²) in [5.41, 5.74) is 6.32. The lowest BCUT2D eigenvalue weighted by Crippen LogP contribution is -2.54. The molecule has 4 saturated carbocycles. The second-order valence-corrected chi connectivity index (χ2v) is 12.8. The van der Waals surface area contributed by atoms with Gasteiger partial charge in [0.15, 0.2) is 0 Å². The Labute approximate surface area is 209 Å². The van der Waals surface area contributed by atoms with Crippen molar-refractivity contribution in [2.45, 2.75) is 110 Å². The maximum atomic E-state index is 12.3. The monoisotopic (exact) mass is 491 g/mol. The molecule has 7 nitrogen and oxygen atoms in total. The molecule has 0 heterocycles. The highest BCUT2D eigenvalue weighted by molar-refractivity contribution is 5.81. The van der Waals surface area contributed by atoms with E-state index in [1.807, 2.05) is 0 Å². The highest BCUT2D eigenvalue weighted by Crippen LogP contribution is 2.68. The fraction of sp³-hybridized carbons (Fsp3) is 0.893. The molecule has 4 fully saturated rings. The van der Waals surface area contributed by atoms with Crippen LogP contribution in [-0.2, 0) is 19.1 Å². The topological polar surface area (TPSA) is 127 Å². The van der Waals surface area contributed by atoms with Crippen LogP contribution in [0.25, 0.3) is 0 Å². The lowest BCUT2D eigenvalue weighted by molar-refractivity contribution is -0.165. The van der Waals surface area contributed by atoms with Crippen molar-refractivity contribution in [2.75, 3.05) is 0 Å². The summed E-state index contributed by atoms with van der Waals surface area (Å²) >= 11 is 0. The fourth-order valence-electron chi connectivity index (χ4n) is 9.38. The first-order valence-corrected chi connectivity index (χ1v) is 13.9. The average Bonchev–Trinajstić information content (AvgIpc) is 3.14. The maximum Gasteiger partial charge on any atom is 0.323 e. The van der Waals surface area contributed by atoms with Crippen LogP contribution >= 0.6 is 0 Å². The molecule has 7 heteroatoms. The summed E-state index contributed by atoms with van der Waals surface area (Å²) in [7, 11) is 0. The number of carboxylic acid groups (broad SMARTS) is 2. The first kappa shape index (κ1) is 26.4. The van der Waals surface area contributed by atoms with Gasteiger partial charge in [-0.05, 0) is 111 Å². The normalized spacial score (nSPS) is 42.2. The number of esters is 1. The molecule has 0 radical (unpaired) electrons. The molecule has 0 aromatic rings. The minimum atomic E-state index is -1.10. The van der Waals surface area contributed by atoms with E-state index in [1.165, 1.54) is 38.5 Å². The zero-order valence-corrected chi connectivity index (χ0v) is 21.7. The summed E-state index contributed by atoms with van der Waals surface area (Å²) in [6, 6.07) is -1.10. The SMILES string of the molecule is C[C@H](CCC(=O)O)C1CC[C@H]2C3CC[C@@H]4C[C@H](OC(=O)C(N)CC(=O)O)CC[C@]4(C)C3CC[C@]12C. The molecule has 0 saturated heterocycles. The summed E-state index contributed by atoms with van der Waals surface area (Å²) in [6.45, 7) is 7.26. The Morgan fingerprint density at radius 1 is 0.943 bits per heavy atom. The lowest BCUT2D eigenvalue weighted by Gasteiger charge is -2.61. The number of fused-ring (bicyclic) bond motifs is 5. The van der Waals surface area contributed by atoms with Gasteiger partial charge in [-0.3, -0.25) is 14.4 Å². The van der Waals surface area contributed by atoms with E-state index >= 15 is 0 Å². The zero-order chi connectivity index (χ0) is 25.5. The second kappa shape index (κ2) is 10.0. The number of hydrogen-bond acceptors (Lipinski definition) is 5. The third kappa shape index (κ3) is 4.99. The van der Waals surface area contributed by atoms with Gasteiger partial charge in [-0.2, -0.15) is 0 Å². The smallest absolute Gasteiger partial charge is 0.323 e. The second-order valence-electron chi connectivity index (χ2n) is 12.8. The molecule has 10 atom stereocenters. The van der Waals surface area contributed by atoms with Gasteiger partial charge in [-0.15, -0.1) is 0 Å². The summed E-state index contributed by atoms with van der Waals surface area (Å²) < 4.78 is 5.68. The minimum Gasteiger partial charge on any atom is -0.481 e. The number of ether oxygens (including phenoxy) is 1. The Hall–Kier alpha value is -1.63. The van der Waals surface area contributed by atoms with E-state index in [4.69, 9.17) is 20.7 Å². The van der Waals surface area contributed by atoms with Crippen molar-refractivity contribution in [3.63, 3.8) is 0 Å². The van der Waals surface area contributed by atoms with Crippen molar-refractivity contribution in [1.29, 1.82) is 0 Å². The van der Waals surface area contributed by atoms with Crippen LogP contribution in [0.1, 0.15) is 97.8 Å². The van der Waals surface area contributed by atoms with E-state index in [1.54, 1.807) is 0 Å². The van der Waals surface area contributed by atoms with Crippen molar-refractivity contribution in [1.82, 2.24) is 0 Å². The van der Waals surface area contributed by atoms with Crippen LogP contribution in [0.4, 0.5) is 0 Å². The number of rotatable bonds is 8. The summed E-state index contributed by atoms with van der Waals surface area (Å²) in [5, 5.41) is 18.1. The minimum absolute atomic E-state index is 0.156. The molecule has 198 valence electrons. The highest BCUT2D eigenvalue weighted by atomic mass is 16.5. The molecule has 4 aliphatic rings. The van der Waals surface area contributed by atoms with Gasteiger partial charge in [-0.1, -0.05) is 20.8 Å². The fourth-order valence-corrected chi connectivity index (χ4v) is 9.38. The molecular formula is C28H45NO6. The Morgan fingerprint density at radius 3 is 2.31 bits per heavy atom. The largest absolute Gasteiger partial charge is 0.481 e. The lowest BCUT2D eigenvalue weighted by atomic mass is 9.44. The van der Waals surface area contributed by atoms with Gasteiger partial charge in [0.25, 0.3) is 0 Å². The number of nitrogens with two attached hydrogens (primary N) is 1. The Morgan fingerprint density at radius 2 is 1.63 bits per heavy atom. The van der Waals surface area contributed by atoms with E-state index in [-0.39, 0.29) is 17.9 Å². The van der Waals surface area contributed by atoms with Crippen LogP contribution < -0.4 is 5.73 Å². The van der Waals surface area contributed by atoms with E-state index in [0.29, 0.717) is 29.1 Å². The highest BCUT2D eigenvalue weighted by Gasteiger charge is 2.60. The zero-order valence-electron chi connectivity index (χ0n) is 21.7. The average molecular weight is 492 g/mol. The third-order valence-electron chi connectivity index (χ3n) is 11.2. The van der Waals surface area contributed by atoms with Crippen LogP contribution in [0.3, 0.4) is 0 Å². The molecule has 0 aliphatic heterocycles. The van der Waals surface area contributed by atoms with Gasteiger partial charge >= 0.3 is 17.9 Å². The molecule has 0 bridgehead atoms. The molecule has 0 spiro atoms. The summed E-state index contributed by atoms with van der Waals surface area (Å²) in [4.78, 5) is 34.3. The van der Waals surface area contributed by atoms with Gasteiger partial charge in [0.2, 0.25) is 0 Å². The quantitative estimate of drug-likeness (QED) is 0.414. The molecule has 0 aromatic heterocycles. The van der Waals surface area contributed by atoms with Crippen molar-refractivity contribution < 1.29 is 29.3 Å². The van der Waals surface area contributed by atoms with E-state index in [0.717, 1.165) is 37.5 Å². The number of hydrogen-bond donors (Lipinski definition) is 3. The summed E-state index contributed by atoms with van der Waals surface area (Å²) in [6.07, 6.45) is 10.7. The Kier molecular flexibility index (Phi) is 7.57. The van der Waals surface area contributed by atoms with Crippen molar-refractivity contribution in [3.05, 3.63) is 0 Å². The van der Waals surface area contributed by atoms with E-state index in [2.05, 4.69) is 20.8 Å². The van der Waals surface area contributed by atoms with Crippen molar-refractivity contribution in [3.8, 4) is 0 Å². The first-order valence-electron chi connectivity index (χ1n) is 13.9. The third-order valence-corrected chi connectivity index (χ3v) is 11.2. The van der Waals surface area contributed by atoms with Crippen LogP contribution in [0, 0.1) is 46.3 Å². The Balaban J connectivity index is 1.40. The molecule has 4 aliphatic carbocycles. The predicted molar refractivity (Wildman–Crippen MR) is 131 cm³/mol.